The van der Waals surface area contributed by atoms with E-state index in [0.717, 1.165) is 0 Å². The zero-order valence-electron chi connectivity index (χ0n) is 39.5. The lowest BCUT2D eigenvalue weighted by Crippen LogP contribution is -1.92. The summed E-state index contributed by atoms with van der Waals surface area (Å²) in [5.41, 5.74) is -2.10. The van der Waals surface area contributed by atoms with Gasteiger partial charge in [0.15, 0.2) is 0 Å². The summed E-state index contributed by atoms with van der Waals surface area (Å²) in [5.74, 6) is 0. The van der Waals surface area contributed by atoms with E-state index >= 15 is 0 Å². The normalized spacial score (nSPS) is 18.1. The van der Waals surface area contributed by atoms with E-state index in [1.807, 2.05) is 0 Å². The average Bonchev–Trinajstić information content (AvgIpc) is 3.22. The fraction of sp³-hybridized carbons (Fsp3) is 0. The Morgan fingerprint density at radius 3 is 1.70 bits per heavy atom. The minimum Gasteiger partial charge on any atom is -0.0616 e. The summed E-state index contributed by atoms with van der Waals surface area (Å²) < 4.78 is 170. The van der Waals surface area contributed by atoms with Gasteiger partial charge in [-0.25, -0.2) is 0 Å². The Labute approximate surface area is 260 Å². The van der Waals surface area contributed by atoms with Crippen LogP contribution in [-0.4, -0.2) is 0 Å². The van der Waals surface area contributed by atoms with Gasteiger partial charge in [-0.3, -0.25) is 0 Å². The van der Waals surface area contributed by atoms with Crippen molar-refractivity contribution in [1.29, 1.82) is 0 Å². The Morgan fingerprint density at radius 1 is 0.350 bits per heavy atom. The molecule has 0 amide bonds. The number of rotatable bonds is 3. The van der Waals surface area contributed by atoms with Crippen LogP contribution in [0.2, 0.25) is 0 Å². The van der Waals surface area contributed by atoms with E-state index in [-0.39, 0.29) is 27.1 Å². The van der Waals surface area contributed by atoms with Crippen LogP contribution >= 0.6 is 0 Å². The fourth-order valence-electron chi connectivity index (χ4n) is 5.18. The first-order valence-electron chi connectivity index (χ1n) is 21.8. The average molecular weight is 526 g/mol. The molecule has 0 radical (unpaired) electrons. The summed E-state index contributed by atoms with van der Waals surface area (Å²) in [4.78, 5) is 0. The zero-order chi connectivity index (χ0) is 43.0. The molecular formula is C40H26. The molecule has 0 N–H and O–H groups in total. The van der Waals surface area contributed by atoms with Crippen LogP contribution in [0.4, 0.5) is 0 Å². The second kappa shape index (κ2) is 9.22. The molecule has 0 fully saturated rings. The van der Waals surface area contributed by atoms with Gasteiger partial charge in [0, 0.05) is 0 Å². The summed E-state index contributed by atoms with van der Waals surface area (Å²) in [5, 5.41) is -1.03. The van der Waals surface area contributed by atoms with Gasteiger partial charge in [-0.15, -0.1) is 0 Å². The third kappa shape index (κ3) is 3.54. The summed E-state index contributed by atoms with van der Waals surface area (Å²) in [6.45, 7) is 0. The van der Waals surface area contributed by atoms with Crippen molar-refractivity contribution in [2.45, 2.75) is 0 Å². The van der Waals surface area contributed by atoms with Crippen LogP contribution in [0.3, 0.4) is 0 Å². The van der Waals surface area contributed by atoms with Crippen molar-refractivity contribution in [3.8, 4) is 33.4 Å². The van der Waals surface area contributed by atoms with Crippen molar-refractivity contribution >= 4 is 43.1 Å². The maximum absolute atomic E-state index is 9.74. The van der Waals surface area contributed by atoms with E-state index in [9.17, 15) is 8.22 Å². The molecule has 40 heavy (non-hydrogen) atoms. The predicted molar refractivity (Wildman–Crippen MR) is 173 cm³/mol. The second-order valence-corrected chi connectivity index (χ2v) is 9.03. The zero-order valence-corrected chi connectivity index (χ0v) is 20.5. The van der Waals surface area contributed by atoms with E-state index in [4.69, 9.17) is 17.8 Å². The quantitative estimate of drug-likeness (QED) is 0.201. The molecule has 0 spiro atoms. The molecular weight excluding hydrogens is 480 g/mol. The molecule has 0 heteroatoms. The molecule has 0 atom stereocenters. The predicted octanol–water partition coefficient (Wildman–Crippen LogP) is 11.3. The monoisotopic (exact) mass is 525 g/mol. The molecule has 0 heterocycles. The standard InChI is InChI=1S/C40H26/c1-3-18-31-27(12-1)14-10-24-33(31)29-16-9-17-30(26-29)39-35-20-5-7-22-37(35)40(38-23-8-6-21-36(38)39)34-25-11-15-28-13-2-4-19-32(28)34/h1-26H/i1D,3D,5D,6D,7D,8D,9D,10D,12D,14D,16D,17D,18D,20D,21D,22D,23D,24D,26D. The van der Waals surface area contributed by atoms with Crippen molar-refractivity contribution in [3.05, 3.63) is 157 Å². The molecule has 0 aliphatic rings. The van der Waals surface area contributed by atoms with Crippen molar-refractivity contribution in [1.82, 2.24) is 0 Å². The van der Waals surface area contributed by atoms with E-state index < -0.39 is 148 Å². The first-order valence-corrected chi connectivity index (χ1v) is 12.3. The van der Waals surface area contributed by atoms with Crippen LogP contribution in [0, 0.1) is 0 Å². The Bertz CT molecular complexity index is 3170. The number of benzene rings is 8. The maximum atomic E-state index is 9.74. The fourth-order valence-corrected chi connectivity index (χ4v) is 5.18. The molecule has 8 rings (SSSR count). The Balaban J connectivity index is 1.72. The topological polar surface area (TPSA) is 0 Å². The third-order valence-electron chi connectivity index (χ3n) is 6.87. The summed E-state index contributed by atoms with van der Waals surface area (Å²) in [6, 6.07) is -2.52. The first-order chi connectivity index (χ1) is 27.8. The Hall–Kier alpha value is -5.20. The van der Waals surface area contributed by atoms with Crippen molar-refractivity contribution < 1.29 is 26.0 Å². The maximum Gasteiger partial charge on any atom is 0.0636 e. The highest BCUT2D eigenvalue weighted by Gasteiger charge is 2.18. The summed E-state index contributed by atoms with van der Waals surface area (Å²) in [6.07, 6.45) is 0. The summed E-state index contributed by atoms with van der Waals surface area (Å²) in [7, 11) is 0. The Kier molecular flexibility index (Phi) is 2.48. The lowest BCUT2D eigenvalue weighted by atomic mass is 9.84. The van der Waals surface area contributed by atoms with Gasteiger partial charge in [0.2, 0.25) is 0 Å². The minimum absolute atomic E-state index is 0.00337. The molecule has 0 aliphatic carbocycles. The van der Waals surface area contributed by atoms with Crippen LogP contribution in [-0.2, 0) is 0 Å². The molecule has 0 aromatic heterocycles. The van der Waals surface area contributed by atoms with E-state index in [0.29, 0.717) is 16.3 Å². The number of fused-ring (bicyclic) bond motifs is 4. The van der Waals surface area contributed by atoms with Gasteiger partial charge in [-0.1, -0.05) is 151 Å². The highest BCUT2D eigenvalue weighted by Crippen LogP contribution is 2.45. The van der Waals surface area contributed by atoms with Crippen LogP contribution in [0.25, 0.3) is 76.5 Å². The molecule has 0 saturated heterocycles. The van der Waals surface area contributed by atoms with E-state index in [2.05, 4.69) is 0 Å². The smallest absolute Gasteiger partial charge is 0.0616 e. The van der Waals surface area contributed by atoms with Crippen LogP contribution in [0.1, 0.15) is 26.0 Å². The molecule has 8 aromatic carbocycles. The highest BCUT2D eigenvalue weighted by atomic mass is 14.2. The van der Waals surface area contributed by atoms with Gasteiger partial charge in [0.25, 0.3) is 0 Å². The van der Waals surface area contributed by atoms with Crippen molar-refractivity contribution in [2.24, 2.45) is 0 Å². The molecule has 186 valence electrons. The largest absolute Gasteiger partial charge is 0.0636 e. The van der Waals surface area contributed by atoms with Gasteiger partial charge in [-0.05, 0) is 82.5 Å². The second-order valence-electron chi connectivity index (χ2n) is 9.03. The van der Waals surface area contributed by atoms with Gasteiger partial charge >= 0.3 is 0 Å². The molecule has 0 unspecified atom stereocenters. The molecule has 0 aliphatic heterocycles. The third-order valence-corrected chi connectivity index (χ3v) is 6.87. The highest BCUT2D eigenvalue weighted by molar-refractivity contribution is 6.23. The SMILES string of the molecule is [2H]c1c([2H])c(-c2c([2H])c([2H])c([2H])c3c([2H])c([2H])c([2H])c([2H])c23)c([2H])c(-c2c3c([2H])c([2H])c([2H])c([2H])c3c(-c3cccc4ccccc34)c3c([2H])c([2H])c([2H])c([2H])c23)c1[2H]. The Morgan fingerprint density at radius 2 is 0.925 bits per heavy atom. The molecule has 8 aromatic rings. The first kappa shape index (κ1) is 10.8. The lowest BCUT2D eigenvalue weighted by molar-refractivity contribution is 1.63. The summed E-state index contributed by atoms with van der Waals surface area (Å²) >= 11 is 0. The molecule has 0 saturated carbocycles. The van der Waals surface area contributed by atoms with Crippen molar-refractivity contribution in [3.63, 3.8) is 0 Å². The van der Waals surface area contributed by atoms with E-state index in [1.54, 1.807) is 42.5 Å². The van der Waals surface area contributed by atoms with Crippen LogP contribution in [0.15, 0.2) is 157 Å². The molecule has 0 nitrogen and oxygen atoms in total. The minimum atomic E-state index is -0.915. The number of hydrogen-bond acceptors (Lipinski definition) is 0. The molecule has 0 bridgehead atoms. The van der Waals surface area contributed by atoms with Gasteiger partial charge in [0.1, 0.15) is 0 Å². The van der Waals surface area contributed by atoms with Gasteiger partial charge in [0.05, 0.1) is 26.0 Å². The van der Waals surface area contributed by atoms with Gasteiger partial charge in [-0.2, -0.15) is 0 Å². The van der Waals surface area contributed by atoms with Crippen LogP contribution in [0.5, 0.6) is 0 Å². The lowest BCUT2D eigenvalue weighted by Gasteiger charge is -2.19. The number of hydrogen-bond donors (Lipinski definition) is 0. The van der Waals surface area contributed by atoms with Crippen molar-refractivity contribution in [2.75, 3.05) is 0 Å². The van der Waals surface area contributed by atoms with E-state index in [1.165, 1.54) is 0 Å². The van der Waals surface area contributed by atoms with Gasteiger partial charge < -0.3 is 0 Å². The van der Waals surface area contributed by atoms with Crippen LogP contribution < -0.4 is 0 Å².